The molecular weight excluding hydrogens is 186 g/mol. The van der Waals surface area contributed by atoms with Crippen LogP contribution in [0.4, 0.5) is 0 Å². The molecule has 0 aromatic heterocycles. The molecular formula is H8N2O6P2. The van der Waals surface area contributed by atoms with Gasteiger partial charge in [-0.05, 0) is 0 Å². The molecule has 0 aromatic carbocycles. The van der Waals surface area contributed by atoms with E-state index >= 15 is 0 Å². The van der Waals surface area contributed by atoms with E-state index in [9.17, 15) is 0 Å². The fourth-order valence-electron chi connectivity index (χ4n) is 0. The molecule has 10 heavy (non-hydrogen) atoms. The molecule has 0 rings (SSSR count). The molecule has 0 aliphatic carbocycles. The fraction of sp³-hybridized carbons (Fsp3) is 0. The molecule has 8 nitrogen and oxygen atoms in total. The van der Waals surface area contributed by atoms with E-state index in [1.54, 1.807) is 0 Å². The van der Waals surface area contributed by atoms with Crippen LogP contribution in [-0.4, -0.2) is 9.79 Å². The van der Waals surface area contributed by atoms with Crippen molar-refractivity contribution in [2.75, 3.05) is 0 Å². The van der Waals surface area contributed by atoms with Gasteiger partial charge in [0, 0.05) is 0 Å². The van der Waals surface area contributed by atoms with Crippen molar-refractivity contribution in [3.05, 3.63) is 0 Å². The van der Waals surface area contributed by atoms with E-state index in [0.29, 0.717) is 0 Å². The van der Waals surface area contributed by atoms with Crippen molar-refractivity contribution >= 4 is 15.8 Å². The van der Waals surface area contributed by atoms with E-state index in [4.69, 9.17) is 28.0 Å². The Morgan fingerprint density at radius 2 is 0.700 bits per heavy atom. The molecule has 0 aromatic rings. The predicted octanol–water partition coefficient (Wildman–Crippen LogP) is 0.457. The second-order valence-electron chi connectivity index (χ2n) is 0.476. The van der Waals surface area contributed by atoms with Gasteiger partial charge in [0.2, 0.25) is 0 Å². The third-order valence-electron chi connectivity index (χ3n) is 0. The molecule has 0 heterocycles. The monoisotopic (exact) mass is 194 g/mol. The molecule has 0 unspecified atom stereocenters. The van der Waals surface area contributed by atoms with Gasteiger partial charge in [-0.1, -0.05) is 0 Å². The Morgan fingerprint density at radius 1 is 0.700 bits per heavy atom. The Kier molecular flexibility index (Phi) is 35.9. The molecule has 0 aliphatic rings. The van der Waals surface area contributed by atoms with Crippen LogP contribution < -0.4 is 12.3 Å². The van der Waals surface area contributed by atoms with Crippen molar-refractivity contribution in [2.24, 2.45) is 0 Å². The Hall–Kier alpha value is -0.360. The summed E-state index contributed by atoms with van der Waals surface area (Å²) in [6.45, 7) is 0. The van der Waals surface area contributed by atoms with Crippen molar-refractivity contribution in [3.63, 3.8) is 0 Å². The summed E-state index contributed by atoms with van der Waals surface area (Å²) in [4.78, 5) is 14.0. The van der Waals surface area contributed by atoms with Gasteiger partial charge in [-0.3, -0.25) is 9.79 Å². The number of rotatable bonds is 0. The maximum absolute atomic E-state index is 8.59. The maximum atomic E-state index is 8.59. The van der Waals surface area contributed by atoms with Gasteiger partial charge in [-0.15, -0.1) is 0 Å². The van der Waals surface area contributed by atoms with Crippen molar-refractivity contribution in [2.45, 2.75) is 0 Å². The Bertz CT molecular complexity index is 131. The van der Waals surface area contributed by atoms with Crippen LogP contribution in [0.3, 0.4) is 0 Å². The minimum absolute atomic E-state index is 0. The number of hydrogen-bond donors (Lipinski definition) is 4. The average molecular weight is 194 g/mol. The lowest BCUT2D eigenvalue weighted by molar-refractivity contribution is 0.432. The van der Waals surface area contributed by atoms with Crippen LogP contribution in [-0.2, 0) is 18.3 Å². The highest BCUT2D eigenvalue weighted by molar-refractivity contribution is 7.23. The van der Waals surface area contributed by atoms with Crippen molar-refractivity contribution in [3.8, 4) is 0 Å². The average Bonchev–Trinajstić information content (AvgIpc) is 1.25. The SMILES string of the molecule is N.N.O=P(=O)O.O=P(=O)O. The molecule has 0 amide bonds. The van der Waals surface area contributed by atoms with Crippen LogP contribution in [0.1, 0.15) is 0 Å². The second kappa shape index (κ2) is 15.9. The first-order chi connectivity index (χ1) is 3.46. The molecule has 0 radical (unpaired) electrons. The van der Waals surface area contributed by atoms with Crippen LogP contribution in [0.2, 0.25) is 0 Å². The van der Waals surface area contributed by atoms with Crippen molar-refractivity contribution in [1.82, 2.24) is 12.3 Å². The van der Waals surface area contributed by atoms with E-state index in [0.717, 1.165) is 0 Å². The normalized spacial score (nSPS) is 5.00. The molecule has 10 heteroatoms. The standard InChI is InChI=1S/2H3N.2HO3P/c;;2*1-4(2)3/h2*1H3;2*(H,1,2,3). The van der Waals surface area contributed by atoms with E-state index in [1.165, 1.54) is 0 Å². The molecule has 0 spiro atoms. The minimum Gasteiger partial charge on any atom is -0.344 e. The van der Waals surface area contributed by atoms with Gasteiger partial charge in [0.15, 0.2) is 0 Å². The zero-order valence-corrected chi connectivity index (χ0v) is 6.62. The lowest BCUT2D eigenvalue weighted by Crippen LogP contribution is -1.19. The third-order valence-corrected chi connectivity index (χ3v) is 0. The van der Waals surface area contributed by atoms with Gasteiger partial charge >= 0.3 is 15.8 Å². The predicted molar refractivity (Wildman–Crippen MR) is 31.1 cm³/mol. The van der Waals surface area contributed by atoms with Crippen LogP contribution >= 0.6 is 15.8 Å². The zero-order valence-electron chi connectivity index (χ0n) is 4.84. The van der Waals surface area contributed by atoms with E-state index in [-0.39, 0.29) is 12.3 Å². The van der Waals surface area contributed by atoms with Gasteiger partial charge in [0.05, 0.1) is 0 Å². The maximum Gasteiger partial charge on any atom is 0.465 e. The molecule has 0 fully saturated rings. The summed E-state index contributed by atoms with van der Waals surface area (Å²) in [5, 5.41) is 0. The molecule has 8 N–H and O–H groups in total. The summed E-state index contributed by atoms with van der Waals surface area (Å²) in [6.07, 6.45) is 0. The molecule has 0 bridgehead atoms. The summed E-state index contributed by atoms with van der Waals surface area (Å²) in [5.41, 5.74) is 0. The highest BCUT2D eigenvalue weighted by Crippen LogP contribution is 1.84. The first-order valence-electron chi connectivity index (χ1n) is 1.13. The Morgan fingerprint density at radius 3 is 0.700 bits per heavy atom. The highest BCUT2D eigenvalue weighted by atomic mass is 31.1. The second-order valence-corrected chi connectivity index (χ2v) is 1.43. The lowest BCUT2D eigenvalue weighted by atomic mass is 14.0. The smallest absolute Gasteiger partial charge is 0.344 e. The lowest BCUT2D eigenvalue weighted by Gasteiger charge is -1.35. The largest absolute Gasteiger partial charge is 0.465 e. The topological polar surface area (TPSA) is 179 Å². The van der Waals surface area contributed by atoms with Crippen LogP contribution in [0.5, 0.6) is 0 Å². The Labute approximate surface area is 57.2 Å². The van der Waals surface area contributed by atoms with E-state index in [2.05, 4.69) is 0 Å². The summed E-state index contributed by atoms with van der Waals surface area (Å²) >= 11 is 0. The minimum atomic E-state index is -3.12. The van der Waals surface area contributed by atoms with Crippen LogP contribution in [0, 0.1) is 0 Å². The third kappa shape index (κ3) is 2600. The summed E-state index contributed by atoms with van der Waals surface area (Å²) in [5.74, 6) is 0. The fourth-order valence-corrected chi connectivity index (χ4v) is 0. The van der Waals surface area contributed by atoms with Crippen molar-refractivity contribution in [1.29, 1.82) is 0 Å². The summed E-state index contributed by atoms with van der Waals surface area (Å²) in [7, 11) is -6.24. The quantitative estimate of drug-likeness (QED) is 0.401. The Balaban J connectivity index is -0.0000000300. The van der Waals surface area contributed by atoms with E-state index < -0.39 is 15.8 Å². The van der Waals surface area contributed by atoms with Gasteiger partial charge < -0.3 is 12.3 Å². The summed E-state index contributed by atoms with van der Waals surface area (Å²) < 4.78 is 34.4. The zero-order chi connectivity index (χ0) is 7.15. The molecule has 0 saturated carbocycles. The first-order valence-corrected chi connectivity index (χ1v) is 3.39. The highest BCUT2D eigenvalue weighted by Gasteiger charge is 1.57. The van der Waals surface area contributed by atoms with Crippen LogP contribution in [0.15, 0.2) is 0 Å². The van der Waals surface area contributed by atoms with Gasteiger partial charge in [0.25, 0.3) is 0 Å². The van der Waals surface area contributed by atoms with E-state index in [1.807, 2.05) is 0 Å². The molecule has 0 aliphatic heterocycles. The van der Waals surface area contributed by atoms with Gasteiger partial charge in [0.1, 0.15) is 0 Å². The molecule has 0 saturated heterocycles. The van der Waals surface area contributed by atoms with Gasteiger partial charge in [-0.2, -0.15) is 0 Å². The number of hydrogen-bond acceptors (Lipinski definition) is 6. The van der Waals surface area contributed by atoms with Crippen molar-refractivity contribution < 1.29 is 28.0 Å². The van der Waals surface area contributed by atoms with Gasteiger partial charge in [-0.25, -0.2) is 18.3 Å². The summed E-state index contributed by atoms with van der Waals surface area (Å²) in [6, 6.07) is 0. The molecule has 64 valence electrons. The van der Waals surface area contributed by atoms with Crippen LogP contribution in [0.25, 0.3) is 0 Å². The first kappa shape index (κ1) is 22.6. The molecule has 0 atom stereocenters.